The molecule has 4 aromatic rings. The molecule has 34 heavy (non-hydrogen) atoms. The highest BCUT2D eigenvalue weighted by molar-refractivity contribution is 5.81. The average Bonchev–Trinajstić information content (AvgIpc) is 3.49. The fourth-order valence-electron chi connectivity index (χ4n) is 4.57. The molecule has 1 aliphatic heterocycles. The maximum absolute atomic E-state index is 13.0. The zero-order valence-electron chi connectivity index (χ0n) is 19.7. The van der Waals surface area contributed by atoms with Gasteiger partial charge in [-0.25, -0.2) is 4.68 Å². The normalized spacial score (nSPS) is 16.0. The van der Waals surface area contributed by atoms with Gasteiger partial charge in [-0.15, -0.1) is 5.10 Å². The summed E-state index contributed by atoms with van der Waals surface area (Å²) in [6.45, 7) is 7.23. The summed E-state index contributed by atoms with van der Waals surface area (Å²) in [5.74, 6) is 0.774. The van der Waals surface area contributed by atoms with Gasteiger partial charge in [-0.2, -0.15) is 0 Å². The zero-order chi connectivity index (χ0) is 23.5. The first-order valence-electron chi connectivity index (χ1n) is 11.8. The van der Waals surface area contributed by atoms with Crippen LogP contribution in [-0.4, -0.2) is 42.8 Å². The number of nitrogens with one attached hydrogen (secondary N) is 1. The van der Waals surface area contributed by atoms with Crippen molar-refractivity contribution in [2.24, 2.45) is 0 Å². The number of hydrogen-bond donors (Lipinski definition) is 1. The molecule has 0 radical (unpaired) electrons. The highest BCUT2D eigenvalue weighted by Crippen LogP contribution is 2.19. The SMILES string of the molecule is Cc1ccc(CN(Cc2cc3cccc(C)c3[nH]c2=O)Cc2nnnn2CC2CCCO2)cc1. The summed E-state index contributed by atoms with van der Waals surface area (Å²) >= 11 is 0. The van der Waals surface area contributed by atoms with Crippen molar-refractivity contribution in [2.45, 2.75) is 59.0 Å². The molecule has 2 aromatic carbocycles. The Hall–Kier alpha value is -3.36. The Labute approximate surface area is 198 Å². The Morgan fingerprint density at radius 1 is 1.12 bits per heavy atom. The van der Waals surface area contributed by atoms with E-state index in [-0.39, 0.29) is 11.7 Å². The molecule has 8 heteroatoms. The van der Waals surface area contributed by atoms with Crippen LogP contribution in [0.25, 0.3) is 10.9 Å². The van der Waals surface area contributed by atoms with E-state index in [0.29, 0.717) is 26.2 Å². The number of aromatic nitrogens is 5. The molecule has 1 unspecified atom stereocenters. The molecule has 0 amide bonds. The molecule has 1 saturated heterocycles. The summed E-state index contributed by atoms with van der Waals surface area (Å²) in [6, 6.07) is 16.5. The molecule has 2 aromatic heterocycles. The van der Waals surface area contributed by atoms with Crippen LogP contribution in [-0.2, 0) is 30.9 Å². The molecule has 8 nitrogen and oxygen atoms in total. The van der Waals surface area contributed by atoms with Gasteiger partial charge in [0.05, 0.1) is 24.7 Å². The number of rotatable bonds is 8. The first-order valence-corrected chi connectivity index (χ1v) is 11.8. The topological polar surface area (TPSA) is 88.9 Å². The minimum Gasteiger partial charge on any atom is -0.376 e. The number of fused-ring (bicyclic) bond motifs is 1. The van der Waals surface area contributed by atoms with Gasteiger partial charge < -0.3 is 9.72 Å². The summed E-state index contributed by atoms with van der Waals surface area (Å²) in [5, 5.41) is 13.5. The predicted octanol–water partition coefficient (Wildman–Crippen LogP) is 3.51. The van der Waals surface area contributed by atoms with Crippen LogP contribution in [0.4, 0.5) is 0 Å². The van der Waals surface area contributed by atoms with Crippen molar-refractivity contribution in [2.75, 3.05) is 6.61 Å². The molecule has 3 heterocycles. The third-order valence-corrected chi connectivity index (χ3v) is 6.46. The Morgan fingerprint density at radius 2 is 1.97 bits per heavy atom. The quantitative estimate of drug-likeness (QED) is 0.435. The molecule has 0 bridgehead atoms. The van der Waals surface area contributed by atoms with E-state index in [1.54, 1.807) is 0 Å². The lowest BCUT2D eigenvalue weighted by molar-refractivity contribution is 0.0914. The fourth-order valence-corrected chi connectivity index (χ4v) is 4.57. The molecular formula is C26H30N6O2. The second kappa shape index (κ2) is 9.87. The smallest absolute Gasteiger partial charge is 0.252 e. The summed E-state index contributed by atoms with van der Waals surface area (Å²) < 4.78 is 7.62. The van der Waals surface area contributed by atoms with Gasteiger partial charge >= 0.3 is 0 Å². The first-order chi connectivity index (χ1) is 16.5. The fraction of sp³-hybridized carbons (Fsp3) is 0.385. The molecule has 176 valence electrons. The number of H-pyrrole nitrogens is 1. The van der Waals surface area contributed by atoms with Crippen LogP contribution in [0, 0.1) is 13.8 Å². The minimum atomic E-state index is -0.0605. The van der Waals surface area contributed by atoms with E-state index in [2.05, 4.69) is 56.6 Å². The van der Waals surface area contributed by atoms with Gasteiger partial charge in [0.2, 0.25) is 0 Å². The van der Waals surface area contributed by atoms with Gasteiger partial charge in [-0.3, -0.25) is 9.69 Å². The average molecular weight is 459 g/mol. The Balaban J connectivity index is 1.42. The standard InChI is InChI=1S/C26H30N6O2/c1-18-8-10-20(11-9-18)14-31(17-24-28-29-30-32(24)16-23-7-4-12-34-23)15-22-13-21-6-3-5-19(2)25(21)27-26(22)33/h3,5-6,8-11,13,23H,4,7,12,14-17H2,1-2H3,(H,27,33). The van der Waals surface area contributed by atoms with E-state index < -0.39 is 0 Å². The number of pyridine rings is 1. The molecule has 5 rings (SSSR count). The molecule has 1 atom stereocenters. The van der Waals surface area contributed by atoms with Crippen molar-refractivity contribution >= 4 is 10.9 Å². The van der Waals surface area contributed by atoms with Crippen LogP contribution >= 0.6 is 0 Å². The van der Waals surface area contributed by atoms with E-state index in [9.17, 15) is 4.79 Å². The third kappa shape index (κ3) is 5.08. The largest absolute Gasteiger partial charge is 0.376 e. The number of hydrogen-bond acceptors (Lipinski definition) is 6. The highest BCUT2D eigenvalue weighted by atomic mass is 16.5. The van der Waals surface area contributed by atoms with Gasteiger partial charge in [-0.05, 0) is 59.7 Å². The van der Waals surface area contributed by atoms with Crippen molar-refractivity contribution < 1.29 is 4.74 Å². The number of para-hydroxylation sites is 1. The molecule has 0 spiro atoms. The van der Waals surface area contributed by atoms with Gasteiger partial charge in [0, 0.05) is 25.3 Å². The molecule has 0 saturated carbocycles. The van der Waals surface area contributed by atoms with Crippen LogP contribution in [0.3, 0.4) is 0 Å². The van der Waals surface area contributed by atoms with Crippen molar-refractivity contribution in [3.8, 4) is 0 Å². The van der Waals surface area contributed by atoms with Crippen molar-refractivity contribution in [1.82, 2.24) is 30.1 Å². The van der Waals surface area contributed by atoms with E-state index in [1.165, 1.54) is 11.1 Å². The van der Waals surface area contributed by atoms with E-state index >= 15 is 0 Å². The molecule has 1 fully saturated rings. The lowest BCUT2D eigenvalue weighted by Crippen LogP contribution is -2.29. The Bertz CT molecular complexity index is 1320. The van der Waals surface area contributed by atoms with Gasteiger partial charge in [0.15, 0.2) is 5.82 Å². The predicted molar refractivity (Wildman–Crippen MR) is 130 cm³/mol. The lowest BCUT2D eigenvalue weighted by Gasteiger charge is -2.22. The number of benzene rings is 2. The summed E-state index contributed by atoms with van der Waals surface area (Å²) in [6.07, 6.45) is 2.25. The highest BCUT2D eigenvalue weighted by Gasteiger charge is 2.21. The molecule has 1 aliphatic rings. The molecule has 1 N–H and O–H groups in total. The van der Waals surface area contributed by atoms with E-state index in [0.717, 1.165) is 47.3 Å². The number of nitrogens with zero attached hydrogens (tertiary/aromatic N) is 5. The Kier molecular flexibility index (Phi) is 6.51. The van der Waals surface area contributed by atoms with Crippen LogP contribution in [0.15, 0.2) is 53.3 Å². The minimum absolute atomic E-state index is 0.0605. The maximum atomic E-state index is 13.0. The van der Waals surface area contributed by atoms with Crippen LogP contribution in [0.1, 0.15) is 40.9 Å². The summed E-state index contributed by atoms with van der Waals surface area (Å²) in [4.78, 5) is 18.3. The number of aromatic amines is 1. The Morgan fingerprint density at radius 3 is 2.76 bits per heavy atom. The summed E-state index contributed by atoms with van der Waals surface area (Å²) in [7, 11) is 0. The van der Waals surface area contributed by atoms with Crippen LogP contribution < -0.4 is 5.56 Å². The van der Waals surface area contributed by atoms with Gasteiger partial charge in [0.1, 0.15) is 0 Å². The third-order valence-electron chi connectivity index (χ3n) is 6.46. The zero-order valence-corrected chi connectivity index (χ0v) is 19.7. The summed E-state index contributed by atoms with van der Waals surface area (Å²) in [5.41, 5.74) is 5.01. The molecule has 0 aliphatic carbocycles. The second-order valence-electron chi connectivity index (χ2n) is 9.21. The van der Waals surface area contributed by atoms with Crippen LogP contribution in [0.2, 0.25) is 0 Å². The van der Waals surface area contributed by atoms with Crippen LogP contribution in [0.5, 0.6) is 0 Å². The molecular weight excluding hydrogens is 428 g/mol. The number of tetrazole rings is 1. The van der Waals surface area contributed by atoms with E-state index in [4.69, 9.17) is 4.74 Å². The van der Waals surface area contributed by atoms with Crippen molar-refractivity contribution in [3.63, 3.8) is 0 Å². The van der Waals surface area contributed by atoms with Gasteiger partial charge in [-0.1, -0.05) is 48.0 Å². The second-order valence-corrected chi connectivity index (χ2v) is 9.21. The lowest BCUT2D eigenvalue weighted by atomic mass is 10.1. The number of ether oxygens (including phenoxy) is 1. The van der Waals surface area contributed by atoms with E-state index in [1.807, 2.05) is 35.9 Å². The van der Waals surface area contributed by atoms with Crippen molar-refractivity contribution in [1.29, 1.82) is 0 Å². The maximum Gasteiger partial charge on any atom is 0.252 e. The monoisotopic (exact) mass is 458 g/mol. The first kappa shape index (κ1) is 22.4. The van der Waals surface area contributed by atoms with Crippen molar-refractivity contribution in [3.05, 3.63) is 87.0 Å². The number of aryl methyl sites for hydroxylation is 2. The van der Waals surface area contributed by atoms with Gasteiger partial charge in [0.25, 0.3) is 5.56 Å².